The lowest BCUT2D eigenvalue weighted by atomic mass is 9.85. The number of aliphatic hydroxyl groups excluding tert-OH is 1. The molecule has 0 saturated heterocycles. The van der Waals surface area contributed by atoms with Gasteiger partial charge < -0.3 is 9.84 Å². The summed E-state index contributed by atoms with van der Waals surface area (Å²) in [4.78, 5) is 11.2. The summed E-state index contributed by atoms with van der Waals surface area (Å²) in [6.45, 7) is 1.67. The molecule has 2 atom stereocenters. The van der Waals surface area contributed by atoms with Crippen molar-refractivity contribution in [3.8, 4) is 0 Å². The highest BCUT2D eigenvalue weighted by Crippen LogP contribution is 2.26. The highest BCUT2D eigenvalue weighted by Gasteiger charge is 2.27. The van der Waals surface area contributed by atoms with Crippen molar-refractivity contribution in [1.29, 1.82) is 0 Å². The van der Waals surface area contributed by atoms with Crippen molar-refractivity contribution in [2.75, 3.05) is 13.7 Å². The Hall–Kier alpha value is -0.670. The maximum atomic E-state index is 11.2. The predicted octanol–water partition coefficient (Wildman–Crippen LogP) is 0.919. The van der Waals surface area contributed by atoms with Gasteiger partial charge in [-0.15, -0.1) is 0 Å². The first-order chi connectivity index (χ1) is 6.19. The summed E-state index contributed by atoms with van der Waals surface area (Å²) in [7, 11) is 1.59. The Labute approximate surface area is 78.4 Å². The van der Waals surface area contributed by atoms with Crippen molar-refractivity contribution in [2.45, 2.75) is 25.9 Å². The average Bonchev–Trinajstić information content (AvgIpc) is 2.16. The van der Waals surface area contributed by atoms with Gasteiger partial charge in [0.2, 0.25) is 0 Å². The van der Waals surface area contributed by atoms with E-state index in [0.29, 0.717) is 0 Å². The molecule has 1 N–H and O–H groups in total. The average molecular weight is 184 g/mol. The molecule has 13 heavy (non-hydrogen) atoms. The molecule has 2 unspecified atom stereocenters. The van der Waals surface area contributed by atoms with Crippen molar-refractivity contribution in [2.24, 2.45) is 5.92 Å². The molecule has 0 aliphatic heterocycles. The first-order valence-electron chi connectivity index (χ1n) is 4.52. The predicted molar refractivity (Wildman–Crippen MR) is 49.4 cm³/mol. The van der Waals surface area contributed by atoms with E-state index in [0.717, 1.165) is 18.4 Å². The first-order valence-corrected chi connectivity index (χ1v) is 4.52. The van der Waals surface area contributed by atoms with E-state index in [1.54, 1.807) is 14.0 Å². The van der Waals surface area contributed by atoms with Crippen LogP contribution in [0.3, 0.4) is 0 Å². The molecule has 3 nitrogen and oxygen atoms in total. The van der Waals surface area contributed by atoms with Crippen LogP contribution in [0.2, 0.25) is 0 Å². The number of aliphatic hydroxyl groups is 1. The van der Waals surface area contributed by atoms with Gasteiger partial charge >= 0.3 is 0 Å². The van der Waals surface area contributed by atoms with Crippen molar-refractivity contribution in [3.05, 3.63) is 11.6 Å². The second-order valence-electron chi connectivity index (χ2n) is 3.44. The first kappa shape index (κ1) is 10.4. The Morgan fingerprint density at radius 3 is 2.92 bits per heavy atom. The summed E-state index contributed by atoms with van der Waals surface area (Å²) in [5.74, 6) is 0.139. The number of carbonyl (C=O) groups is 1. The maximum absolute atomic E-state index is 11.2. The molecule has 0 heterocycles. The summed E-state index contributed by atoms with van der Waals surface area (Å²) < 4.78 is 5.19. The van der Waals surface area contributed by atoms with Gasteiger partial charge in [0, 0.05) is 13.0 Å². The molecule has 0 aromatic heterocycles. The van der Waals surface area contributed by atoms with E-state index in [2.05, 4.69) is 0 Å². The van der Waals surface area contributed by atoms with E-state index in [9.17, 15) is 4.79 Å². The second kappa shape index (κ2) is 4.53. The number of methoxy groups -OCH3 is 1. The third kappa shape index (κ3) is 2.39. The molecule has 0 saturated carbocycles. The van der Waals surface area contributed by atoms with Crippen LogP contribution in [0.1, 0.15) is 19.8 Å². The van der Waals surface area contributed by atoms with E-state index in [4.69, 9.17) is 9.84 Å². The third-order valence-corrected chi connectivity index (χ3v) is 2.57. The van der Waals surface area contributed by atoms with Crippen LogP contribution in [-0.4, -0.2) is 30.7 Å². The smallest absolute Gasteiger partial charge is 0.135 e. The van der Waals surface area contributed by atoms with Crippen molar-refractivity contribution in [3.63, 3.8) is 0 Å². The zero-order chi connectivity index (χ0) is 9.84. The van der Waals surface area contributed by atoms with Gasteiger partial charge in [0.1, 0.15) is 5.78 Å². The minimum atomic E-state index is -0.145. The molecule has 0 fully saturated rings. The number of hydrogen-bond acceptors (Lipinski definition) is 3. The number of Topliss-reactive ketones (excluding diaryl/α,β-unsaturated/α-hetero) is 1. The molecule has 0 aromatic rings. The van der Waals surface area contributed by atoms with Crippen molar-refractivity contribution in [1.82, 2.24) is 0 Å². The van der Waals surface area contributed by atoms with Gasteiger partial charge in [-0.2, -0.15) is 0 Å². The van der Waals surface area contributed by atoms with E-state index >= 15 is 0 Å². The van der Waals surface area contributed by atoms with Crippen LogP contribution in [0.4, 0.5) is 0 Å². The summed E-state index contributed by atoms with van der Waals surface area (Å²) in [6.07, 6.45) is 3.32. The Balaban J connectivity index is 2.73. The van der Waals surface area contributed by atoms with Crippen molar-refractivity contribution >= 4 is 5.78 Å². The highest BCUT2D eigenvalue weighted by molar-refractivity contribution is 5.79. The molecule has 0 amide bonds. The number of carbonyl (C=O) groups excluding carboxylic acids is 1. The second-order valence-corrected chi connectivity index (χ2v) is 3.44. The quantitative estimate of drug-likeness (QED) is 0.663. The molecule has 0 spiro atoms. The lowest BCUT2D eigenvalue weighted by molar-refractivity contribution is -0.124. The van der Waals surface area contributed by atoms with Crippen LogP contribution in [0.25, 0.3) is 0 Å². The van der Waals surface area contributed by atoms with E-state index in [1.807, 2.05) is 6.08 Å². The SMILES string of the molecule is COC1C=C(CO)CCC1C(C)=O. The van der Waals surface area contributed by atoms with Gasteiger partial charge in [-0.3, -0.25) is 4.79 Å². The molecule has 74 valence electrons. The Bertz CT molecular complexity index is 220. The topological polar surface area (TPSA) is 46.5 Å². The maximum Gasteiger partial charge on any atom is 0.135 e. The zero-order valence-electron chi connectivity index (χ0n) is 8.12. The standard InChI is InChI=1S/C10H16O3/c1-7(12)9-4-3-8(6-11)5-10(9)13-2/h5,9-11H,3-4,6H2,1-2H3. The monoisotopic (exact) mass is 184 g/mol. The fraction of sp³-hybridized carbons (Fsp3) is 0.700. The number of ketones is 1. The Morgan fingerprint density at radius 2 is 2.46 bits per heavy atom. The Morgan fingerprint density at radius 1 is 1.77 bits per heavy atom. The summed E-state index contributed by atoms with van der Waals surface area (Å²) in [6, 6.07) is 0. The van der Waals surface area contributed by atoms with Gasteiger partial charge in [-0.25, -0.2) is 0 Å². The minimum Gasteiger partial charge on any atom is -0.392 e. The van der Waals surface area contributed by atoms with Crippen LogP contribution in [0.15, 0.2) is 11.6 Å². The molecular weight excluding hydrogens is 168 g/mol. The highest BCUT2D eigenvalue weighted by atomic mass is 16.5. The third-order valence-electron chi connectivity index (χ3n) is 2.57. The summed E-state index contributed by atoms with van der Waals surface area (Å²) in [5.41, 5.74) is 0.976. The largest absolute Gasteiger partial charge is 0.392 e. The summed E-state index contributed by atoms with van der Waals surface area (Å²) in [5, 5.41) is 8.92. The van der Waals surface area contributed by atoms with Crippen LogP contribution in [0.5, 0.6) is 0 Å². The number of hydrogen-bond donors (Lipinski definition) is 1. The van der Waals surface area contributed by atoms with E-state index in [-0.39, 0.29) is 24.4 Å². The molecule has 1 aliphatic rings. The zero-order valence-corrected chi connectivity index (χ0v) is 8.12. The lowest BCUT2D eigenvalue weighted by Gasteiger charge is -2.26. The molecule has 0 bridgehead atoms. The molecule has 3 heteroatoms. The molecule has 0 aromatic carbocycles. The normalized spacial score (nSPS) is 28.4. The van der Waals surface area contributed by atoms with Crippen LogP contribution in [-0.2, 0) is 9.53 Å². The van der Waals surface area contributed by atoms with Crippen molar-refractivity contribution < 1.29 is 14.6 Å². The van der Waals surface area contributed by atoms with Crippen LogP contribution < -0.4 is 0 Å². The molecule has 1 aliphatic carbocycles. The minimum absolute atomic E-state index is 0.0275. The lowest BCUT2D eigenvalue weighted by Crippen LogP contribution is -2.30. The number of rotatable bonds is 3. The fourth-order valence-electron chi connectivity index (χ4n) is 1.74. The van der Waals surface area contributed by atoms with Crippen LogP contribution in [0, 0.1) is 5.92 Å². The summed E-state index contributed by atoms with van der Waals surface area (Å²) >= 11 is 0. The van der Waals surface area contributed by atoms with Gasteiger partial charge in [0.25, 0.3) is 0 Å². The van der Waals surface area contributed by atoms with Gasteiger partial charge in [-0.05, 0) is 25.3 Å². The molecule has 1 rings (SSSR count). The number of ether oxygens (including phenoxy) is 1. The Kier molecular flexibility index (Phi) is 3.63. The fourth-order valence-corrected chi connectivity index (χ4v) is 1.74. The van der Waals surface area contributed by atoms with E-state index in [1.165, 1.54) is 0 Å². The van der Waals surface area contributed by atoms with Gasteiger partial charge in [0.05, 0.1) is 12.7 Å². The van der Waals surface area contributed by atoms with Gasteiger partial charge in [-0.1, -0.05) is 6.08 Å². The van der Waals surface area contributed by atoms with Gasteiger partial charge in [0.15, 0.2) is 0 Å². The van der Waals surface area contributed by atoms with Crippen LogP contribution >= 0.6 is 0 Å². The molecule has 0 radical (unpaired) electrons. The van der Waals surface area contributed by atoms with E-state index < -0.39 is 0 Å². The molecular formula is C10H16O3.